The first-order valence-corrected chi connectivity index (χ1v) is 7.28. The summed E-state index contributed by atoms with van der Waals surface area (Å²) in [4.78, 5) is 16.4. The van der Waals surface area contributed by atoms with E-state index in [0.29, 0.717) is 11.6 Å². The molecule has 1 N–H and O–H groups in total. The number of hydrogen-bond donors (Lipinski definition) is 1. The number of fused-ring (bicyclic) bond motifs is 1. The van der Waals surface area contributed by atoms with Crippen molar-refractivity contribution in [3.8, 4) is 12.3 Å². The van der Waals surface area contributed by atoms with Gasteiger partial charge in [0, 0.05) is 5.56 Å². The number of benzene rings is 2. The minimum absolute atomic E-state index is 0.0810. The van der Waals surface area contributed by atoms with Crippen LogP contribution in [-0.4, -0.2) is 10.9 Å². The van der Waals surface area contributed by atoms with Gasteiger partial charge < -0.3 is 5.32 Å². The lowest BCUT2D eigenvalue weighted by molar-refractivity contribution is -0.115. The van der Waals surface area contributed by atoms with E-state index in [1.807, 2.05) is 48.5 Å². The number of anilines is 1. The highest BCUT2D eigenvalue weighted by atomic mass is 32.1. The summed E-state index contributed by atoms with van der Waals surface area (Å²) in [6.45, 7) is 0. The van der Waals surface area contributed by atoms with Crippen molar-refractivity contribution in [2.24, 2.45) is 0 Å². The van der Waals surface area contributed by atoms with Gasteiger partial charge in [0.1, 0.15) is 0 Å². The Kier molecular flexibility index (Phi) is 3.67. The predicted octanol–water partition coefficient (Wildman–Crippen LogP) is 3.46. The van der Waals surface area contributed by atoms with Crippen molar-refractivity contribution in [1.29, 1.82) is 0 Å². The van der Waals surface area contributed by atoms with Gasteiger partial charge in [0.05, 0.1) is 16.6 Å². The largest absolute Gasteiger partial charge is 0.302 e. The monoisotopic (exact) mass is 292 g/mol. The molecule has 0 aliphatic rings. The fourth-order valence-electron chi connectivity index (χ4n) is 2.06. The van der Waals surface area contributed by atoms with Crippen molar-refractivity contribution in [3.05, 3.63) is 59.7 Å². The fraction of sp³-hybridized carbons (Fsp3) is 0.0588. The molecule has 0 atom stereocenters. The molecule has 3 nitrogen and oxygen atoms in total. The van der Waals surface area contributed by atoms with Crippen LogP contribution in [0.5, 0.6) is 0 Å². The van der Waals surface area contributed by atoms with Crippen LogP contribution >= 0.6 is 11.3 Å². The summed E-state index contributed by atoms with van der Waals surface area (Å²) in [6, 6.07) is 15.2. The summed E-state index contributed by atoms with van der Waals surface area (Å²) < 4.78 is 0.926. The summed E-state index contributed by atoms with van der Waals surface area (Å²) in [7, 11) is 0. The SMILES string of the molecule is C#Cc1cccc2nc(NC(=O)Cc3ccccc3)sc12. The van der Waals surface area contributed by atoms with Gasteiger partial charge in [-0.25, -0.2) is 4.98 Å². The maximum absolute atomic E-state index is 12.0. The first-order valence-electron chi connectivity index (χ1n) is 6.46. The molecule has 4 heteroatoms. The molecule has 102 valence electrons. The van der Waals surface area contributed by atoms with Gasteiger partial charge in [-0.15, -0.1) is 6.42 Å². The van der Waals surface area contributed by atoms with Crippen LogP contribution in [0.15, 0.2) is 48.5 Å². The third kappa shape index (κ3) is 2.93. The molecule has 0 aliphatic carbocycles. The molecule has 21 heavy (non-hydrogen) atoms. The van der Waals surface area contributed by atoms with E-state index in [-0.39, 0.29) is 5.91 Å². The lowest BCUT2D eigenvalue weighted by atomic mass is 10.1. The highest BCUT2D eigenvalue weighted by Crippen LogP contribution is 2.28. The van der Waals surface area contributed by atoms with Crippen LogP contribution < -0.4 is 5.32 Å². The minimum Gasteiger partial charge on any atom is -0.302 e. The Bertz CT molecular complexity index is 831. The molecule has 0 saturated heterocycles. The van der Waals surface area contributed by atoms with Gasteiger partial charge in [0.15, 0.2) is 5.13 Å². The molecule has 0 aliphatic heterocycles. The molecule has 0 unspecified atom stereocenters. The standard InChI is InChI=1S/C17H12N2OS/c1-2-13-9-6-10-14-16(13)21-17(18-14)19-15(20)11-12-7-4-3-5-8-12/h1,3-10H,11H2,(H,18,19,20). The van der Waals surface area contributed by atoms with Crippen molar-refractivity contribution < 1.29 is 4.79 Å². The van der Waals surface area contributed by atoms with Crippen LogP contribution in [0.4, 0.5) is 5.13 Å². The van der Waals surface area contributed by atoms with E-state index in [1.165, 1.54) is 11.3 Å². The summed E-state index contributed by atoms with van der Waals surface area (Å²) in [6.07, 6.45) is 5.80. The minimum atomic E-state index is -0.0810. The summed E-state index contributed by atoms with van der Waals surface area (Å²) >= 11 is 1.40. The Labute approximate surface area is 126 Å². The Morgan fingerprint density at radius 1 is 1.19 bits per heavy atom. The summed E-state index contributed by atoms with van der Waals surface area (Å²) in [5.74, 6) is 2.55. The van der Waals surface area contributed by atoms with E-state index in [0.717, 1.165) is 21.3 Å². The number of thiazole rings is 1. The number of nitrogens with zero attached hydrogens (tertiary/aromatic N) is 1. The second-order valence-corrected chi connectivity index (χ2v) is 5.53. The van der Waals surface area contributed by atoms with Gasteiger partial charge in [0.25, 0.3) is 0 Å². The molecular weight excluding hydrogens is 280 g/mol. The number of nitrogens with one attached hydrogen (secondary N) is 1. The first kappa shape index (κ1) is 13.3. The lowest BCUT2D eigenvalue weighted by Gasteiger charge is -2.01. The van der Waals surface area contributed by atoms with Crippen LogP contribution in [0.25, 0.3) is 10.2 Å². The molecule has 1 aromatic heterocycles. The molecule has 0 saturated carbocycles. The summed E-state index contributed by atoms with van der Waals surface area (Å²) in [5.41, 5.74) is 2.58. The molecule has 3 rings (SSSR count). The Balaban J connectivity index is 1.79. The zero-order valence-electron chi connectivity index (χ0n) is 11.2. The zero-order valence-corrected chi connectivity index (χ0v) is 12.0. The van der Waals surface area contributed by atoms with E-state index < -0.39 is 0 Å². The molecule has 1 amide bonds. The van der Waals surface area contributed by atoms with E-state index in [1.54, 1.807) is 0 Å². The van der Waals surface area contributed by atoms with Crippen molar-refractivity contribution >= 4 is 32.6 Å². The van der Waals surface area contributed by atoms with Crippen LogP contribution in [0.1, 0.15) is 11.1 Å². The maximum atomic E-state index is 12.0. The van der Waals surface area contributed by atoms with Crippen molar-refractivity contribution in [3.63, 3.8) is 0 Å². The van der Waals surface area contributed by atoms with Crippen molar-refractivity contribution in [2.75, 3.05) is 5.32 Å². The number of carbonyl (C=O) groups excluding carboxylic acids is 1. The van der Waals surface area contributed by atoms with Crippen LogP contribution in [0.3, 0.4) is 0 Å². The van der Waals surface area contributed by atoms with Gasteiger partial charge in [-0.1, -0.05) is 53.7 Å². The van der Waals surface area contributed by atoms with Gasteiger partial charge in [-0.05, 0) is 17.7 Å². The van der Waals surface area contributed by atoms with Gasteiger partial charge in [0.2, 0.25) is 5.91 Å². The number of carbonyl (C=O) groups is 1. The van der Waals surface area contributed by atoms with Gasteiger partial charge >= 0.3 is 0 Å². The second kappa shape index (κ2) is 5.78. The Morgan fingerprint density at radius 2 is 2.00 bits per heavy atom. The highest BCUT2D eigenvalue weighted by molar-refractivity contribution is 7.22. The topological polar surface area (TPSA) is 42.0 Å². The molecule has 1 heterocycles. The zero-order chi connectivity index (χ0) is 14.7. The molecular formula is C17H12N2OS. The normalized spacial score (nSPS) is 10.2. The van der Waals surface area contributed by atoms with E-state index in [9.17, 15) is 4.79 Å². The van der Waals surface area contributed by atoms with Crippen molar-refractivity contribution in [2.45, 2.75) is 6.42 Å². The number of aromatic nitrogens is 1. The summed E-state index contributed by atoms with van der Waals surface area (Å²) in [5, 5.41) is 3.41. The van der Waals surface area contributed by atoms with Gasteiger partial charge in [-0.3, -0.25) is 4.79 Å². The average molecular weight is 292 g/mol. The quantitative estimate of drug-likeness (QED) is 0.751. The van der Waals surface area contributed by atoms with E-state index in [2.05, 4.69) is 16.2 Å². The fourth-order valence-corrected chi connectivity index (χ4v) is 3.02. The Hall–Kier alpha value is -2.64. The molecule has 0 spiro atoms. The van der Waals surface area contributed by atoms with Gasteiger partial charge in [-0.2, -0.15) is 0 Å². The average Bonchev–Trinajstić information content (AvgIpc) is 2.90. The van der Waals surface area contributed by atoms with E-state index in [4.69, 9.17) is 6.42 Å². The Morgan fingerprint density at radius 3 is 2.76 bits per heavy atom. The first-order chi connectivity index (χ1) is 10.3. The molecule has 0 fully saturated rings. The molecule has 3 aromatic rings. The smallest absolute Gasteiger partial charge is 0.230 e. The molecule has 0 radical (unpaired) electrons. The van der Waals surface area contributed by atoms with Crippen molar-refractivity contribution in [1.82, 2.24) is 4.98 Å². The number of amides is 1. The number of hydrogen-bond acceptors (Lipinski definition) is 3. The van der Waals surface area contributed by atoms with E-state index >= 15 is 0 Å². The third-order valence-electron chi connectivity index (χ3n) is 3.02. The predicted molar refractivity (Wildman–Crippen MR) is 86.3 cm³/mol. The lowest BCUT2D eigenvalue weighted by Crippen LogP contribution is -2.13. The maximum Gasteiger partial charge on any atom is 0.230 e. The van der Waals surface area contributed by atoms with Crippen LogP contribution in [-0.2, 0) is 11.2 Å². The third-order valence-corrected chi connectivity index (χ3v) is 4.04. The van der Waals surface area contributed by atoms with Crippen LogP contribution in [0.2, 0.25) is 0 Å². The second-order valence-electron chi connectivity index (χ2n) is 4.53. The molecule has 0 bridgehead atoms. The highest BCUT2D eigenvalue weighted by Gasteiger charge is 2.10. The molecule has 2 aromatic carbocycles. The number of terminal acetylenes is 1. The number of rotatable bonds is 3. The van der Waals surface area contributed by atoms with Crippen LogP contribution in [0, 0.1) is 12.3 Å².